The number of aromatic nitrogens is 2. The smallest absolute Gasteiger partial charge is 0.231 e. The Labute approximate surface area is 186 Å². The third kappa shape index (κ3) is 3.32. The van der Waals surface area contributed by atoms with Crippen LogP contribution in [0, 0.1) is 24.7 Å². The Morgan fingerprint density at radius 3 is 2.75 bits per heavy atom. The van der Waals surface area contributed by atoms with Gasteiger partial charge in [0, 0.05) is 12.1 Å². The largest absolute Gasteiger partial charge is 0.454 e. The third-order valence-corrected chi connectivity index (χ3v) is 7.16. The van der Waals surface area contributed by atoms with E-state index in [1.165, 1.54) is 5.56 Å². The highest BCUT2D eigenvalue weighted by Crippen LogP contribution is 2.56. The van der Waals surface area contributed by atoms with Crippen molar-refractivity contribution in [3.8, 4) is 22.9 Å². The van der Waals surface area contributed by atoms with Gasteiger partial charge in [-0.1, -0.05) is 35.0 Å². The van der Waals surface area contributed by atoms with Crippen LogP contribution in [0.4, 0.5) is 0 Å². The Morgan fingerprint density at radius 1 is 1.06 bits per heavy atom. The van der Waals surface area contributed by atoms with Crippen LogP contribution in [0.3, 0.4) is 0 Å². The number of hydrogen-bond acceptors (Lipinski definition) is 6. The quantitative estimate of drug-likeness (QED) is 0.651. The molecule has 3 aromatic rings. The summed E-state index contributed by atoms with van der Waals surface area (Å²) in [5.41, 5.74) is 3.13. The minimum absolute atomic E-state index is 0.0259. The van der Waals surface area contributed by atoms with Gasteiger partial charge >= 0.3 is 0 Å². The summed E-state index contributed by atoms with van der Waals surface area (Å²) in [6, 6.07) is 13.9. The predicted octanol–water partition coefficient (Wildman–Crippen LogP) is 4.22. The number of amides is 1. The minimum atomic E-state index is -0.121. The molecule has 0 radical (unpaired) electrons. The second-order valence-corrected chi connectivity index (χ2v) is 9.11. The van der Waals surface area contributed by atoms with Crippen molar-refractivity contribution in [2.45, 2.75) is 38.6 Å². The molecule has 2 saturated carbocycles. The van der Waals surface area contributed by atoms with Gasteiger partial charge in [0.2, 0.25) is 24.4 Å². The van der Waals surface area contributed by atoms with Gasteiger partial charge in [0.25, 0.3) is 0 Å². The number of fused-ring (bicyclic) bond motifs is 3. The molecule has 4 atom stereocenters. The Hall–Kier alpha value is -3.35. The molecule has 2 heterocycles. The van der Waals surface area contributed by atoms with Gasteiger partial charge in [-0.3, -0.25) is 4.79 Å². The molecular weight excluding hydrogens is 406 g/mol. The van der Waals surface area contributed by atoms with Gasteiger partial charge in [0.15, 0.2) is 11.5 Å². The maximum Gasteiger partial charge on any atom is 0.231 e. The highest BCUT2D eigenvalue weighted by Gasteiger charge is 2.53. The second-order valence-electron chi connectivity index (χ2n) is 9.11. The van der Waals surface area contributed by atoms with E-state index >= 15 is 0 Å². The van der Waals surface area contributed by atoms with Gasteiger partial charge in [0.05, 0.1) is 11.8 Å². The molecule has 1 amide bonds. The average Bonchev–Trinajstić information content (AvgIpc) is 3.61. The molecule has 1 aromatic heterocycles. The first-order valence-electron chi connectivity index (χ1n) is 11.2. The molecule has 2 bridgehead atoms. The number of carbonyl (C=O) groups excluding carboxylic acids is 1. The van der Waals surface area contributed by atoms with Gasteiger partial charge in [-0.2, -0.15) is 4.98 Å². The summed E-state index contributed by atoms with van der Waals surface area (Å²) in [6.07, 6.45) is 3.25. The van der Waals surface area contributed by atoms with Crippen LogP contribution in [0.1, 0.15) is 42.2 Å². The van der Waals surface area contributed by atoms with Crippen LogP contribution in [-0.4, -0.2) is 22.8 Å². The third-order valence-electron chi connectivity index (χ3n) is 7.16. The van der Waals surface area contributed by atoms with E-state index in [1.54, 1.807) is 0 Å². The second kappa shape index (κ2) is 7.65. The number of hydrogen-bond donors (Lipinski definition) is 1. The van der Waals surface area contributed by atoms with E-state index in [-0.39, 0.29) is 24.5 Å². The van der Waals surface area contributed by atoms with Gasteiger partial charge < -0.3 is 19.3 Å². The standard InChI is InChI=1S/C25H25N3O4/c1-14-2-4-15(5-3-14)12-26-24(29)21-16-6-7-17(10-16)22(21)25-27-23(28-32-25)18-8-9-19-20(11-18)31-13-30-19/h2-5,8-9,11,16-17,21-22H,6-7,10,12-13H2,1H3,(H,26,29)/t16-,17+,21-,22-/m0/s1. The molecule has 7 heteroatoms. The molecule has 3 aliphatic rings. The van der Waals surface area contributed by atoms with Crippen LogP contribution in [0.5, 0.6) is 11.5 Å². The molecule has 2 aliphatic carbocycles. The average molecular weight is 431 g/mol. The number of carbonyl (C=O) groups is 1. The van der Waals surface area contributed by atoms with Crippen molar-refractivity contribution >= 4 is 5.91 Å². The minimum Gasteiger partial charge on any atom is -0.454 e. The lowest BCUT2D eigenvalue weighted by molar-refractivity contribution is -0.127. The molecule has 0 spiro atoms. The van der Waals surface area contributed by atoms with Gasteiger partial charge in [-0.25, -0.2) is 0 Å². The van der Waals surface area contributed by atoms with Crippen molar-refractivity contribution in [2.24, 2.45) is 17.8 Å². The summed E-state index contributed by atoms with van der Waals surface area (Å²) in [5.74, 6) is 3.22. The molecule has 1 N–H and O–H groups in total. The summed E-state index contributed by atoms with van der Waals surface area (Å²) in [6.45, 7) is 2.82. The number of ether oxygens (including phenoxy) is 2. The number of aryl methyl sites for hydroxylation is 1. The lowest BCUT2D eigenvalue weighted by atomic mass is 9.78. The molecule has 164 valence electrons. The van der Waals surface area contributed by atoms with E-state index in [1.807, 2.05) is 18.2 Å². The molecule has 2 aromatic carbocycles. The molecule has 0 unspecified atom stereocenters. The Morgan fingerprint density at radius 2 is 1.88 bits per heavy atom. The SMILES string of the molecule is Cc1ccc(CNC(=O)[C@H]2[C@H]3CC[C@H](C3)[C@@H]2c2nc(-c3ccc4c(c3)OCO4)no2)cc1. The highest BCUT2D eigenvalue weighted by molar-refractivity contribution is 5.80. The summed E-state index contributed by atoms with van der Waals surface area (Å²) >= 11 is 0. The molecule has 6 rings (SSSR count). The van der Waals surface area contributed by atoms with E-state index in [9.17, 15) is 4.79 Å². The van der Waals surface area contributed by atoms with Crippen LogP contribution in [0.15, 0.2) is 47.0 Å². The predicted molar refractivity (Wildman–Crippen MR) is 116 cm³/mol. The van der Waals surface area contributed by atoms with Crippen molar-refractivity contribution in [1.29, 1.82) is 0 Å². The fraction of sp³-hybridized carbons (Fsp3) is 0.400. The van der Waals surface area contributed by atoms with Gasteiger partial charge in [0.1, 0.15) is 0 Å². The van der Waals surface area contributed by atoms with E-state index < -0.39 is 0 Å². The number of rotatable bonds is 5. The summed E-state index contributed by atoms with van der Waals surface area (Å²) in [5, 5.41) is 7.37. The van der Waals surface area contributed by atoms with E-state index in [2.05, 4.69) is 41.7 Å². The lowest BCUT2D eigenvalue weighted by Gasteiger charge is -2.27. The van der Waals surface area contributed by atoms with Crippen LogP contribution >= 0.6 is 0 Å². The molecule has 1 aliphatic heterocycles. The zero-order valence-electron chi connectivity index (χ0n) is 17.9. The van der Waals surface area contributed by atoms with Gasteiger partial charge in [-0.05, 0) is 61.8 Å². The van der Waals surface area contributed by atoms with Crippen molar-refractivity contribution < 1.29 is 18.8 Å². The van der Waals surface area contributed by atoms with E-state index in [0.717, 1.165) is 36.1 Å². The first-order valence-corrected chi connectivity index (χ1v) is 11.2. The van der Waals surface area contributed by atoms with Crippen molar-refractivity contribution in [3.63, 3.8) is 0 Å². The Balaban J connectivity index is 1.22. The maximum absolute atomic E-state index is 13.2. The molecule has 7 nitrogen and oxygen atoms in total. The first-order chi connectivity index (χ1) is 15.7. The lowest BCUT2D eigenvalue weighted by Crippen LogP contribution is -2.37. The monoisotopic (exact) mass is 431 g/mol. The zero-order valence-corrected chi connectivity index (χ0v) is 17.9. The van der Waals surface area contributed by atoms with Crippen LogP contribution in [-0.2, 0) is 11.3 Å². The van der Waals surface area contributed by atoms with Gasteiger partial charge in [-0.15, -0.1) is 0 Å². The number of nitrogens with zero attached hydrogens (tertiary/aromatic N) is 2. The Kier molecular flexibility index (Phi) is 4.63. The van der Waals surface area contributed by atoms with Crippen LogP contribution in [0.25, 0.3) is 11.4 Å². The van der Waals surface area contributed by atoms with E-state index in [4.69, 9.17) is 19.0 Å². The van der Waals surface area contributed by atoms with Crippen molar-refractivity contribution in [1.82, 2.24) is 15.5 Å². The number of benzene rings is 2. The fourth-order valence-corrected chi connectivity index (χ4v) is 5.56. The van der Waals surface area contributed by atoms with Crippen molar-refractivity contribution in [3.05, 3.63) is 59.5 Å². The van der Waals surface area contributed by atoms with Crippen LogP contribution < -0.4 is 14.8 Å². The first kappa shape index (κ1) is 19.3. The van der Waals surface area contributed by atoms with E-state index in [0.29, 0.717) is 35.8 Å². The maximum atomic E-state index is 13.2. The summed E-state index contributed by atoms with van der Waals surface area (Å²) in [4.78, 5) is 17.9. The topological polar surface area (TPSA) is 86.5 Å². The number of nitrogens with one attached hydrogen (secondary N) is 1. The fourth-order valence-electron chi connectivity index (χ4n) is 5.56. The molecule has 2 fully saturated rings. The Bertz CT molecular complexity index is 1160. The molecular formula is C25H25N3O4. The molecule has 32 heavy (non-hydrogen) atoms. The normalized spacial score (nSPS) is 25.3. The molecule has 0 saturated heterocycles. The summed E-state index contributed by atoms with van der Waals surface area (Å²) < 4.78 is 16.6. The summed E-state index contributed by atoms with van der Waals surface area (Å²) in [7, 11) is 0. The van der Waals surface area contributed by atoms with Crippen molar-refractivity contribution in [2.75, 3.05) is 6.79 Å². The zero-order chi connectivity index (χ0) is 21.7. The van der Waals surface area contributed by atoms with Crippen LogP contribution in [0.2, 0.25) is 0 Å². The highest BCUT2D eigenvalue weighted by atomic mass is 16.7.